The molecule has 0 aliphatic rings. The number of unbranched alkanes of at least 4 members (excludes halogenated alkanes) is 1. The SMILES string of the molecule is C=CCC/C=C\CCl. The molecule has 0 aromatic carbocycles. The summed E-state index contributed by atoms with van der Waals surface area (Å²) >= 11 is 5.37. The second kappa shape index (κ2) is 6.77. The van der Waals surface area contributed by atoms with Crippen molar-refractivity contribution < 1.29 is 0 Å². The molecule has 0 aromatic heterocycles. The Morgan fingerprint density at radius 1 is 1.25 bits per heavy atom. The van der Waals surface area contributed by atoms with Crippen molar-refractivity contribution in [2.75, 3.05) is 5.88 Å². The van der Waals surface area contributed by atoms with E-state index in [-0.39, 0.29) is 0 Å². The predicted molar refractivity (Wildman–Crippen MR) is 39.3 cm³/mol. The van der Waals surface area contributed by atoms with Crippen LogP contribution in [0.2, 0.25) is 0 Å². The molecular weight excluding hydrogens is 120 g/mol. The van der Waals surface area contributed by atoms with Crippen LogP contribution in [0.1, 0.15) is 12.8 Å². The van der Waals surface area contributed by atoms with Gasteiger partial charge in [0, 0.05) is 5.88 Å². The highest BCUT2D eigenvalue weighted by molar-refractivity contribution is 6.18. The highest BCUT2D eigenvalue weighted by Gasteiger charge is 1.71. The zero-order chi connectivity index (χ0) is 6.24. The van der Waals surface area contributed by atoms with Crippen LogP contribution in [-0.4, -0.2) is 5.88 Å². The molecule has 1 heteroatoms. The van der Waals surface area contributed by atoms with E-state index in [0.29, 0.717) is 5.88 Å². The minimum atomic E-state index is 0.622. The molecule has 0 aliphatic heterocycles. The molecule has 0 unspecified atom stereocenters. The van der Waals surface area contributed by atoms with Gasteiger partial charge in [-0.15, -0.1) is 18.2 Å². The number of allylic oxidation sites excluding steroid dienone is 3. The van der Waals surface area contributed by atoms with Crippen molar-refractivity contribution in [1.82, 2.24) is 0 Å². The zero-order valence-electron chi connectivity index (χ0n) is 4.94. The van der Waals surface area contributed by atoms with E-state index in [9.17, 15) is 0 Å². The minimum absolute atomic E-state index is 0.622. The monoisotopic (exact) mass is 130 g/mol. The summed E-state index contributed by atoms with van der Waals surface area (Å²) in [5.41, 5.74) is 0. The molecule has 0 saturated heterocycles. The molecule has 0 rings (SSSR count). The van der Waals surface area contributed by atoms with E-state index in [4.69, 9.17) is 11.6 Å². The van der Waals surface area contributed by atoms with Crippen LogP contribution in [0.5, 0.6) is 0 Å². The summed E-state index contributed by atoms with van der Waals surface area (Å²) in [4.78, 5) is 0. The average molecular weight is 131 g/mol. The van der Waals surface area contributed by atoms with Gasteiger partial charge >= 0.3 is 0 Å². The summed E-state index contributed by atoms with van der Waals surface area (Å²) in [6, 6.07) is 0. The van der Waals surface area contributed by atoms with Crippen molar-refractivity contribution >= 4 is 11.6 Å². The summed E-state index contributed by atoms with van der Waals surface area (Å²) in [6.45, 7) is 3.59. The van der Waals surface area contributed by atoms with E-state index in [2.05, 4.69) is 12.7 Å². The standard InChI is InChI=1S/C7H11Cl/c1-2-3-4-5-6-7-8/h2,5-6H,1,3-4,7H2/b6-5-. The predicted octanol–water partition coefficient (Wildman–Crippen LogP) is 2.75. The van der Waals surface area contributed by atoms with E-state index in [0.717, 1.165) is 12.8 Å². The summed E-state index contributed by atoms with van der Waals surface area (Å²) < 4.78 is 0. The quantitative estimate of drug-likeness (QED) is 0.312. The molecule has 0 spiro atoms. The second-order valence-electron chi connectivity index (χ2n) is 1.49. The molecule has 8 heavy (non-hydrogen) atoms. The fourth-order valence-electron chi connectivity index (χ4n) is 0.395. The zero-order valence-corrected chi connectivity index (χ0v) is 5.69. The maximum atomic E-state index is 5.37. The van der Waals surface area contributed by atoms with Crippen LogP contribution in [0.3, 0.4) is 0 Å². The van der Waals surface area contributed by atoms with Crippen LogP contribution < -0.4 is 0 Å². The number of alkyl halides is 1. The first kappa shape index (κ1) is 7.77. The molecule has 0 N–H and O–H groups in total. The van der Waals surface area contributed by atoms with Crippen LogP contribution in [0.25, 0.3) is 0 Å². The van der Waals surface area contributed by atoms with Crippen LogP contribution in [-0.2, 0) is 0 Å². The molecule has 0 saturated carbocycles. The van der Waals surface area contributed by atoms with Gasteiger partial charge in [-0.2, -0.15) is 0 Å². The smallest absolute Gasteiger partial charge is 0.0404 e. The third kappa shape index (κ3) is 5.77. The van der Waals surface area contributed by atoms with E-state index < -0.39 is 0 Å². The largest absolute Gasteiger partial charge is 0.122 e. The Morgan fingerprint density at radius 3 is 2.50 bits per heavy atom. The molecular formula is C7H11Cl. The van der Waals surface area contributed by atoms with Crippen LogP contribution >= 0.6 is 11.6 Å². The molecule has 0 heterocycles. The number of hydrogen-bond donors (Lipinski definition) is 0. The van der Waals surface area contributed by atoms with Gasteiger partial charge in [-0.3, -0.25) is 0 Å². The third-order valence-electron chi connectivity index (χ3n) is 0.793. The molecule has 46 valence electrons. The maximum absolute atomic E-state index is 5.37. The average Bonchev–Trinajstić information content (AvgIpc) is 1.81. The first-order valence-corrected chi connectivity index (χ1v) is 3.27. The Bertz CT molecular complexity index is 74.5. The number of hydrogen-bond acceptors (Lipinski definition) is 0. The first-order chi connectivity index (χ1) is 3.91. The van der Waals surface area contributed by atoms with Crippen molar-refractivity contribution in [3.63, 3.8) is 0 Å². The van der Waals surface area contributed by atoms with E-state index in [1.807, 2.05) is 12.2 Å². The third-order valence-corrected chi connectivity index (χ3v) is 0.971. The van der Waals surface area contributed by atoms with Gasteiger partial charge < -0.3 is 0 Å². The summed E-state index contributed by atoms with van der Waals surface area (Å²) in [7, 11) is 0. The van der Waals surface area contributed by atoms with Gasteiger partial charge in [-0.05, 0) is 12.8 Å². The normalized spacial score (nSPS) is 10.1. The van der Waals surface area contributed by atoms with Gasteiger partial charge in [0.2, 0.25) is 0 Å². The molecule has 0 nitrogen and oxygen atoms in total. The highest BCUT2D eigenvalue weighted by Crippen LogP contribution is 1.90. The van der Waals surface area contributed by atoms with Gasteiger partial charge in [0.05, 0.1) is 0 Å². The van der Waals surface area contributed by atoms with E-state index in [1.54, 1.807) is 0 Å². The lowest BCUT2D eigenvalue weighted by atomic mass is 10.3. The second-order valence-corrected chi connectivity index (χ2v) is 1.80. The lowest BCUT2D eigenvalue weighted by Crippen LogP contribution is -1.63. The van der Waals surface area contributed by atoms with Crippen LogP contribution in [0.15, 0.2) is 24.8 Å². The Morgan fingerprint density at radius 2 is 2.00 bits per heavy atom. The van der Waals surface area contributed by atoms with Crippen LogP contribution in [0.4, 0.5) is 0 Å². The van der Waals surface area contributed by atoms with Crippen molar-refractivity contribution in [2.24, 2.45) is 0 Å². The van der Waals surface area contributed by atoms with E-state index in [1.165, 1.54) is 0 Å². The van der Waals surface area contributed by atoms with Gasteiger partial charge in [0.25, 0.3) is 0 Å². The highest BCUT2D eigenvalue weighted by atomic mass is 35.5. The lowest BCUT2D eigenvalue weighted by molar-refractivity contribution is 1.05. The van der Waals surface area contributed by atoms with Crippen molar-refractivity contribution in [2.45, 2.75) is 12.8 Å². The fourth-order valence-corrected chi connectivity index (χ4v) is 0.521. The lowest BCUT2D eigenvalue weighted by Gasteiger charge is -1.81. The topological polar surface area (TPSA) is 0 Å². The molecule has 0 radical (unpaired) electrons. The number of rotatable bonds is 4. The van der Waals surface area contributed by atoms with E-state index >= 15 is 0 Å². The van der Waals surface area contributed by atoms with Gasteiger partial charge in [0.1, 0.15) is 0 Å². The molecule has 0 fully saturated rings. The minimum Gasteiger partial charge on any atom is -0.122 e. The van der Waals surface area contributed by atoms with Gasteiger partial charge in [-0.25, -0.2) is 0 Å². The summed E-state index contributed by atoms with van der Waals surface area (Å²) in [5.74, 6) is 0.622. The summed E-state index contributed by atoms with van der Waals surface area (Å²) in [6.07, 6.45) is 8.03. The van der Waals surface area contributed by atoms with Gasteiger partial charge in [0.15, 0.2) is 0 Å². The van der Waals surface area contributed by atoms with Crippen molar-refractivity contribution in [1.29, 1.82) is 0 Å². The molecule has 0 bridgehead atoms. The Kier molecular flexibility index (Phi) is 6.58. The molecule has 0 amide bonds. The first-order valence-electron chi connectivity index (χ1n) is 2.73. The maximum Gasteiger partial charge on any atom is 0.0404 e. The summed E-state index contributed by atoms with van der Waals surface area (Å²) in [5, 5.41) is 0. The van der Waals surface area contributed by atoms with Crippen molar-refractivity contribution in [3.05, 3.63) is 24.8 Å². The molecule has 0 aliphatic carbocycles. The molecule has 0 atom stereocenters. The Hall–Kier alpha value is -0.230. The fraction of sp³-hybridized carbons (Fsp3) is 0.429. The van der Waals surface area contributed by atoms with Crippen LogP contribution in [0, 0.1) is 0 Å². The Labute approximate surface area is 55.9 Å². The van der Waals surface area contributed by atoms with Crippen molar-refractivity contribution in [3.8, 4) is 0 Å². The number of halogens is 1. The molecule has 0 aromatic rings. The van der Waals surface area contributed by atoms with Gasteiger partial charge in [-0.1, -0.05) is 18.2 Å². The Balaban J connectivity index is 2.90.